The molecule has 110 valence electrons. The number of nitrogens with zero attached hydrogens (tertiary/aromatic N) is 1. The molecule has 1 aliphatic rings. The summed E-state index contributed by atoms with van der Waals surface area (Å²) in [5.74, 6) is 0.546. The first-order valence-electron chi connectivity index (χ1n) is 6.56. The second-order valence-corrected chi connectivity index (χ2v) is 6.96. The van der Waals surface area contributed by atoms with Crippen LogP contribution in [0.25, 0.3) is 0 Å². The van der Waals surface area contributed by atoms with E-state index in [9.17, 15) is 4.79 Å². The van der Waals surface area contributed by atoms with E-state index >= 15 is 0 Å². The summed E-state index contributed by atoms with van der Waals surface area (Å²) in [6.07, 6.45) is 0.205. The van der Waals surface area contributed by atoms with Crippen molar-refractivity contribution in [2.45, 2.75) is 31.0 Å². The largest absolute Gasteiger partial charge is 0.398 e. The number of thioether (sulfide) groups is 1. The average molecular weight is 359 g/mol. The van der Waals surface area contributed by atoms with Crippen molar-refractivity contribution >= 4 is 39.3 Å². The smallest absolute Gasteiger partial charge is 0.233 e. The van der Waals surface area contributed by atoms with Gasteiger partial charge in [0.05, 0.1) is 18.0 Å². The fourth-order valence-electron chi connectivity index (χ4n) is 2.26. The SMILES string of the molecule is CC1CN(C(=O)CSc2ccc(Br)cc2N)CC(C)O1. The van der Waals surface area contributed by atoms with E-state index in [0.717, 1.165) is 9.37 Å². The molecule has 0 radical (unpaired) electrons. The second kappa shape index (κ2) is 6.83. The lowest BCUT2D eigenvalue weighted by Gasteiger charge is -2.35. The number of benzene rings is 1. The minimum Gasteiger partial charge on any atom is -0.398 e. The van der Waals surface area contributed by atoms with Gasteiger partial charge in [-0.1, -0.05) is 15.9 Å². The van der Waals surface area contributed by atoms with Crippen molar-refractivity contribution in [2.75, 3.05) is 24.6 Å². The number of rotatable bonds is 3. The van der Waals surface area contributed by atoms with Crippen LogP contribution in [-0.4, -0.2) is 41.9 Å². The van der Waals surface area contributed by atoms with Gasteiger partial charge in [-0.15, -0.1) is 11.8 Å². The second-order valence-electron chi connectivity index (χ2n) is 5.03. The van der Waals surface area contributed by atoms with Gasteiger partial charge in [-0.05, 0) is 32.0 Å². The average Bonchev–Trinajstić information content (AvgIpc) is 2.36. The predicted octanol–water partition coefficient (Wildman–Crippen LogP) is 2.76. The number of hydrogen-bond acceptors (Lipinski definition) is 4. The molecule has 1 fully saturated rings. The predicted molar refractivity (Wildman–Crippen MR) is 85.9 cm³/mol. The topological polar surface area (TPSA) is 55.6 Å². The number of nitrogen functional groups attached to an aromatic ring is 1. The van der Waals surface area contributed by atoms with Crippen LogP contribution in [0.2, 0.25) is 0 Å². The van der Waals surface area contributed by atoms with Gasteiger partial charge in [0.2, 0.25) is 5.91 Å². The molecule has 1 heterocycles. The summed E-state index contributed by atoms with van der Waals surface area (Å²) < 4.78 is 6.58. The third kappa shape index (κ3) is 4.14. The lowest BCUT2D eigenvalue weighted by Crippen LogP contribution is -2.48. The van der Waals surface area contributed by atoms with Crippen molar-refractivity contribution in [1.82, 2.24) is 4.90 Å². The van der Waals surface area contributed by atoms with E-state index in [-0.39, 0.29) is 18.1 Å². The van der Waals surface area contributed by atoms with E-state index in [4.69, 9.17) is 10.5 Å². The van der Waals surface area contributed by atoms with E-state index in [2.05, 4.69) is 15.9 Å². The first kappa shape index (κ1) is 15.7. The minimum absolute atomic E-state index is 0.102. The number of nitrogens with two attached hydrogens (primary N) is 1. The van der Waals surface area contributed by atoms with Gasteiger partial charge in [0.1, 0.15) is 0 Å². The molecule has 2 unspecified atom stereocenters. The maximum Gasteiger partial charge on any atom is 0.233 e. The molecule has 6 heteroatoms. The summed E-state index contributed by atoms with van der Waals surface area (Å²) in [5.41, 5.74) is 6.63. The highest BCUT2D eigenvalue weighted by Gasteiger charge is 2.25. The molecule has 2 atom stereocenters. The van der Waals surface area contributed by atoms with Crippen molar-refractivity contribution in [3.05, 3.63) is 22.7 Å². The number of halogens is 1. The van der Waals surface area contributed by atoms with Crippen molar-refractivity contribution < 1.29 is 9.53 Å². The Morgan fingerprint density at radius 1 is 1.45 bits per heavy atom. The zero-order chi connectivity index (χ0) is 14.7. The zero-order valence-electron chi connectivity index (χ0n) is 11.6. The van der Waals surface area contributed by atoms with E-state index in [1.54, 1.807) is 0 Å². The highest BCUT2D eigenvalue weighted by molar-refractivity contribution is 9.10. The Labute approximate surface area is 132 Å². The summed E-state index contributed by atoms with van der Waals surface area (Å²) in [6, 6.07) is 5.72. The van der Waals surface area contributed by atoms with Gasteiger partial charge >= 0.3 is 0 Å². The van der Waals surface area contributed by atoms with Crippen LogP contribution in [0.4, 0.5) is 5.69 Å². The van der Waals surface area contributed by atoms with Crippen LogP contribution in [0, 0.1) is 0 Å². The first-order valence-corrected chi connectivity index (χ1v) is 8.34. The van der Waals surface area contributed by atoms with Crippen LogP contribution < -0.4 is 5.73 Å². The van der Waals surface area contributed by atoms with Crippen molar-refractivity contribution in [3.8, 4) is 0 Å². The quantitative estimate of drug-likeness (QED) is 0.666. The summed E-state index contributed by atoms with van der Waals surface area (Å²) in [5, 5.41) is 0. The standard InChI is InChI=1S/C14H19BrN2O2S/c1-9-6-17(7-10(2)19-9)14(18)8-20-13-4-3-11(15)5-12(13)16/h3-5,9-10H,6-8,16H2,1-2H3. The Kier molecular flexibility index (Phi) is 5.35. The van der Waals surface area contributed by atoms with Gasteiger partial charge in [-0.3, -0.25) is 4.79 Å². The highest BCUT2D eigenvalue weighted by Crippen LogP contribution is 2.28. The van der Waals surface area contributed by atoms with E-state index in [1.807, 2.05) is 36.9 Å². The number of carbonyl (C=O) groups excluding carboxylic acids is 1. The molecule has 20 heavy (non-hydrogen) atoms. The van der Waals surface area contributed by atoms with Crippen LogP contribution in [0.3, 0.4) is 0 Å². The third-order valence-corrected chi connectivity index (χ3v) is 4.66. The maximum absolute atomic E-state index is 12.2. The van der Waals surface area contributed by atoms with Gasteiger partial charge in [0.15, 0.2) is 0 Å². The van der Waals surface area contributed by atoms with Gasteiger partial charge in [0.25, 0.3) is 0 Å². The van der Waals surface area contributed by atoms with Crippen LogP contribution >= 0.6 is 27.7 Å². The molecule has 0 bridgehead atoms. The van der Waals surface area contributed by atoms with Crippen molar-refractivity contribution in [1.29, 1.82) is 0 Å². The summed E-state index contributed by atoms with van der Waals surface area (Å²) in [4.78, 5) is 15.1. The highest BCUT2D eigenvalue weighted by atomic mass is 79.9. The van der Waals surface area contributed by atoms with E-state index in [1.165, 1.54) is 11.8 Å². The first-order chi connectivity index (χ1) is 9.45. The lowest BCUT2D eigenvalue weighted by atomic mass is 10.2. The summed E-state index contributed by atoms with van der Waals surface area (Å²) >= 11 is 4.86. The Morgan fingerprint density at radius 3 is 2.70 bits per heavy atom. The fourth-order valence-corrected chi connectivity index (χ4v) is 3.49. The summed E-state index contributed by atoms with van der Waals surface area (Å²) in [7, 11) is 0. The molecule has 1 amide bonds. The molecule has 2 rings (SSSR count). The monoisotopic (exact) mass is 358 g/mol. The molecule has 1 aromatic rings. The molecule has 2 N–H and O–H groups in total. The molecule has 1 aliphatic heterocycles. The molecular formula is C14H19BrN2O2S. The maximum atomic E-state index is 12.2. The molecule has 4 nitrogen and oxygen atoms in total. The zero-order valence-corrected chi connectivity index (χ0v) is 14.0. The number of anilines is 1. The van der Waals surface area contributed by atoms with Gasteiger partial charge < -0.3 is 15.4 Å². The Balaban J connectivity index is 1.91. The number of amides is 1. The molecular weight excluding hydrogens is 340 g/mol. The van der Waals surface area contributed by atoms with E-state index < -0.39 is 0 Å². The third-order valence-electron chi connectivity index (χ3n) is 3.10. The van der Waals surface area contributed by atoms with Crippen LogP contribution in [0.5, 0.6) is 0 Å². The minimum atomic E-state index is 0.102. The van der Waals surface area contributed by atoms with Crippen LogP contribution in [-0.2, 0) is 9.53 Å². The Hall–Kier alpha value is -0.720. The number of ether oxygens (including phenoxy) is 1. The molecule has 0 aromatic heterocycles. The van der Waals surface area contributed by atoms with E-state index in [0.29, 0.717) is 24.5 Å². The summed E-state index contributed by atoms with van der Waals surface area (Å²) in [6.45, 7) is 5.32. The Bertz CT molecular complexity index is 488. The van der Waals surface area contributed by atoms with Gasteiger partial charge in [-0.2, -0.15) is 0 Å². The van der Waals surface area contributed by atoms with Crippen molar-refractivity contribution in [2.24, 2.45) is 0 Å². The molecule has 0 aliphatic carbocycles. The molecule has 0 spiro atoms. The molecule has 0 saturated carbocycles. The number of morpholine rings is 1. The molecule has 1 aromatic carbocycles. The number of carbonyl (C=O) groups is 1. The molecule has 1 saturated heterocycles. The fraction of sp³-hybridized carbons (Fsp3) is 0.500. The number of hydrogen-bond donors (Lipinski definition) is 1. The van der Waals surface area contributed by atoms with Crippen LogP contribution in [0.15, 0.2) is 27.6 Å². The van der Waals surface area contributed by atoms with Gasteiger partial charge in [0, 0.05) is 28.1 Å². The Morgan fingerprint density at radius 2 is 2.10 bits per heavy atom. The van der Waals surface area contributed by atoms with Crippen molar-refractivity contribution in [3.63, 3.8) is 0 Å². The normalized spacial score (nSPS) is 22.9. The van der Waals surface area contributed by atoms with Crippen LogP contribution in [0.1, 0.15) is 13.8 Å². The van der Waals surface area contributed by atoms with Gasteiger partial charge in [-0.25, -0.2) is 0 Å². The lowest BCUT2D eigenvalue weighted by molar-refractivity contribution is -0.140.